The summed E-state index contributed by atoms with van der Waals surface area (Å²) in [5, 5.41) is 0.535. The molecule has 1 aromatic carbocycles. The van der Waals surface area contributed by atoms with Crippen molar-refractivity contribution in [2.24, 2.45) is 0 Å². The first kappa shape index (κ1) is 18.3. The van der Waals surface area contributed by atoms with E-state index in [2.05, 4.69) is 15.0 Å². The van der Waals surface area contributed by atoms with Crippen molar-refractivity contribution in [3.63, 3.8) is 0 Å². The fourth-order valence-corrected chi connectivity index (χ4v) is 4.73. The summed E-state index contributed by atoms with van der Waals surface area (Å²) in [5.74, 6) is 0.668. The second-order valence-electron chi connectivity index (χ2n) is 8.15. The highest BCUT2D eigenvalue weighted by Gasteiger charge is 2.43. The lowest BCUT2D eigenvalue weighted by atomic mass is 9.79. The molecular weight excluding hydrogens is 406 g/mol. The van der Waals surface area contributed by atoms with E-state index in [1.54, 1.807) is 0 Å². The molecule has 3 aromatic rings. The molecule has 3 aliphatic rings. The molecule has 3 atom stereocenters. The third kappa shape index (κ3) is 3.09. The number of ketones is 1. The molecule has 0 bridgehead atoms. The molecule has 0 amide bonds. The lowest BCUT2D eigenvalue weighted by Crippen LogP contribution is -2.32. The highest BCUT2D eigenvalue weighted by Crippen LogP contribution is 2.36. The molecule has 1 aliphatic carbocycles. The van der Waals surface area contributed by atoms with Crippen molar-refractivity contribution < 1.29 is 19.0 Å². The summed E-state index contributed by atoms with van der Waals surface area (Å²) in [6.45, 7) is 1.19. The molecule has 6 rings (SSSR count). The summed E-state index contributed by atoms with van der Waals surface area (Å²) in [6.07, 6.45) is 2.06. The predicted molar refractivity (Wildman–Crippen MR) is 110 cm³/mol. The Kier molecular flexibility index (Phi) is 4.30. The fraction of sp³-hybridized carbons (Fsp3) is 0.409. The first-order chi connectivity index (χ1) is 14.6. The van der Waals surface area contributed by atoms with Crippen LogP contribution in [0.4, 0.5) is 0 Å². The molecule has 3 fully saturated rings. The van der Waals surface area contributed by atoms with Gasteiger partial charge in [-0.2, -0.15) is 4.98 Å². The molecule has 30 heavy (non-hydrogen) atoms. The molecule has 7 nitrogen and oxygen atoms in total. The molecule has 154 valence electrons. The van der Waals surface area contributed by atoms with Gasteiger partial charge in [-0.25, -0.2) is 4.98 Å². The van der Waals surface area contributed by atoms with Crippen LogP contribution in [0.2, 0.25) is 5.02 Å². The number of nitrogens with zero attached hydrogens (tertiary/aromatic N) is 2. The van der Waals surface area contributed by atoms with Crippen LogP contribution >= 0.6 is 11.6 Å². The SMILES string of the molecule is O=C1CC(c2ccc(-c3nc4nc(O[C@@H]5CO[C@@H]6CCO[C@@H]65)[nH]c4cc3Cl)cc2)C1. The normalized spacial score (nSPS) is 26.2. The van der Waals surface area contributed by atoms with Crippen LogP contribution in [-0.4, -0.2) is 52.3 Å². The molecule has 0 spiro atoms. The van der Waals surface area contributed by atoms with Gasteiger partial charge in [-0.15, -0.1) is 0 Å². The number of Topliss-reactive ketones (excluding diaryl/α,β-unsaturated/α-hetero) is 1. The number of halogens is 1. The lowest BCUT2D eigenvalue weighted by molar-refractivity contribution is -0.124. The number of carbonyl (C=O) groups excluding carboxylic acids is 1. The molecule has 1 N–H and O–H groups in total. The van der Waals surface area contributed by atoms with Crippen molar-refractivity contribution in [3.05, 3.63) is 40.9 Å². The Morgan fingerprint density at radius 3 is 2.77 bits per heavy atom. The maximum absolute atomic E-state index is 11.2. The number of carbonyl (C=O) groups is 1. The summed E-state index contributed by atoms with van der Waals surface area (Å²) in [6, 6.07) is 10.3. The number of hydrogen-bond acceptors (Lipinski definition) is 6. The Bertz CT molecular complexity index is 1120. The number of aromatic nitrogens is 3. The van der Waals surface area contributed by atoms with Gasteiger partial charge in [0.05, 0.1) is 28.9 Å². The van der Waals surface area contributed by atoms with Crippen molar-refractivity contribution in [2.45, 2.75) is 43.5 Å². The number of hydrogen-bond donors (Lipinski definition) is 1. The largest absolute Gasteiger partial charge is 0.456 e. The van der Waals surface area contributed by atoms with Crippen molar-refractivity contribution in [1.29, 1.82) is 0 Å². The third-order valence-electron chi connectivity index (χ3n) is 6.19. The van der Waals surface area contributed by atoms with E-state index in [9.17, 15) is 4.79 Å². The van der Waals surface area contributed by atoms with Crippen LogP contribution in [0.25, 0.3) is 22.4 Å². The van der Waals surface area contributed by atoms with E-state index in [1.165, 1.54) is 5.56 Å². The van der Waals surface area contributed by atoms with Gasteiger partial charge in [0.1, 0.15) is 11.9 Å². The van der Waals surface area contributed by atoms with Crippen LogP contribution in [0.5, 0.6) is 6.01 Å². The monoisotopic (exact) mass is 425 g/mol. The molecule has 2 aromatic heterocycles. The number of H-pyrrole nitrogens is 1. The number of nitrogens with one attached hydrogen (secondary N) is 1. The minimum absolute atomic E-state index is 0.0465. The van der Waals surface area contributed by atoms with Gasteiger partial charge in [-0.3, -0.25) is 4.79 Å². The topological polar surface area (TPSA) is 86.3 Å². The van der Waals surface area contributed by atoms with Gasteiger partial charge in [0, 0.05) is 25.0 Å². The zero-order valence-electron chi connectivity index (χ0n) is 16.1. The standard InChI is InChI=1S/C22H20ClN3O4/c23-15-9-16-21(26-22(24-16)30-18-10-29-17-5-6-28-20(17)18)25-19(15)12-3-1-11(2-4-12)13-7-14(27)8-13/h1-4,9,13,17-18,20H,5-8,10H2,(H,24,25,26)/t17-,18-,20+/m1/s1. The zero-order chi connectivity index (χ0) is 20.2. The van der Waals surface area contributed by atoms with Gasteiger partial charge in [-0.05, 0) is 24.0 Å². The smallest absolute Gasteiger partial charge is 0.296 e. The average molecular weight is 426 g/mol. The van der Waals surface area contributed by atoms with Crippen LogP contribution in [0.1, 0.15) is 30.7 Å². The van der Waals surface area contributed by atoms with Gasteiger partial charge in [0.2, 0.25) is 0 Å². The van der Waals surface area contributed by atoms with Gasteiger partial charge in [-0.1, -0.05) is 35.9 Å². The summed E-state index contributed by atoms with van der Waals surface area (Å²) in [7, 11) is 0. The number of imidazole rings is 1. The fourth-order valence-electron chi connectivity index (χ4n) is 4.47. The van der Waals surface area contributed by atoms with E-state index in [0.717, 1.165) is 12.0 Å². The maximum Gasteiger partial charge on any atom is 0.296 e. The highest BCUT2D eigenvalue weighted by atomic mass is 35.5. The molecule has 2 aliphatic heterocycles. The molecule has 8 heteroatoms. The number of benzene rings is 1. The Morgan fingerprint density at radius 2 is 1.97 bits per heavy atom. The molecule has 0 radical (unpaired) electrons. The minimum atomic E-state index is -0.182. The number of fused-ring (bicyclic) bond motifs is 2. The Hall–Kier alpha value is -2.48. The first-order valence-corrected chi connectivity index (χ1v) is 10.6. The molecule has 4 heterocycles. The quantitative estimate of drug-likeness (QED) is 0.686. The molecule has 2 saturated heterocycles. The van der Waals surface area contributed by atoms with Crippen molar-refractivity contribution in [2.75, 3.05) is 13.2 Å². The van der Waals surface area contributed by atoms with Crippen LogP contribution in [0.3, 0.4) is 0 Å². The van der Waals surface area contributed by atoms with Gasteiger partial charge in [0.15, 0.2) is 11.8 Å². The predicted octanol–water partition coefficient (Wildman–Crippen LogP) is 3.66. The van der Waals surface area contributed by atoms with Gasteiger partial charge in [0.25, 0.3) is 6.01 Å². The maximum atomic E-state index is 11.2. The average Bonchev–Trinajstić information content (AvgIpc) is 3.42. The second-order valence-corrected chi connectivity index (χ2v) is 8.56. The summed E-state index contributed by atoms with van der Waals surface area (Å²) < 4.78 is 17.5. The minimum Gasteiger partial charge on any atom is -0.456 e. The van der Waals surface area contributed by atoms with E-state index in [1.807, 2.05) is 30.3 Å². The first-order valence-electron chi connectivity index (χ1n) is 10.2. The van der Waals surface area contributed by atoms with E-state index >= 15 is 0 Å². The van der Waals surface area contributed by atoms with E-state index < -0.39 is 0 Å². The zero-order valence-corrected chi connectivity index (χ0v) is 16.9. The van der Waals surface area contributed by atoms with Crippen molar-refractivity contribution in [3.8, 4) is 17.3 Å². The van der Waals surface area contributed by atoms with Crippen molar-refractivity contribution >= 4 is 28.5 Å². The van der Waals surface area contributed by atoms with Crippen LogP contribution in [0.15, 0.2) is 30.3 Å². The highest BCUT2D eigenvalue weighted by molar-refractivity contribution is 6.33. The Morgan fingerprint density at radius 1 is 1.13 bits per heavy atom. The summed E-state index contributed by atoms with van der Waals surface area (Å²) in [5.41, 5.74) is 4.01. The van der Waals surface area contributed by atoms with Gasteiger partial charge >= 0.3 is 0 Å². The second kappa shape index (κ2) is 7.04. The van der Waals surface area contributed by atoms with Gasteiger partial charge < -0.3 is 19.2 Å². The van der Waals surface area contributed by atoms with E-state index in [-0.39, 0.29) is 18.3 Å². The van der Waals surface area contributed by atoms with Crippen LogP contribution in [-0.2, 0) is 14.3 Å². The molecule has 1 saturated carbocycles. The third-order valence-corrected chi connectivity index (χ3v) is 6.48. The van der Waals surface area contributed by atoms with Crippen LogP contribution in [0, 0.1) is 0 Å². The molecular formula is C22H20ClN3O4. The number of ether oxygens (including phenoxy) is 3. The number of pyridine rings is 1. The number of rotatable bonds is 4. The number of aromatic amines is 1. The van der Waals surface area contributed by atoms with Crippen LogP contribution < -0.4 is 4.74 Å². The Labute approximate surface area is 177 Å². The van der Waals surface area contributed by atoms with E-state index in [4.69, 9.17) is 25.8 Å². The van der Waals surface area contributed by atoms with E-state index in [0.29, 0.717) is 65.6 Å². The molecule has 0 unspecified atom stereocenters. The summed E-state index contributed by atoms with van der Waals surface area (Å²) in [4.78, 5) is 23.5. The summed E-state index contributed by atoms with van der Waals surface area (Å²) >= 11 is 6.51. The lowest BCUT2D eigenvalue weighted by Gasteiger charge is -2.24. The van der Waals surface area contributed by atoms with Crippen molar-refractivity contribution in [1.82, 2.24) is 15.0 Å². The Balaban J connectivity index is 1.25.